The van der Waals surface area contributed by atoms with E-state index in [9.17, 15) is 9.59 Å². The van der Waals surface area contributed by atoms with E-state index in [1.807, 2.05) is 36.4 Å². The van der Waals surface area contributed by atoms with Crippen molar-refractivity contribution < 1.29 is 9.59 Å². The molecule has 2 amide bonds. The average Bonchev–Trinajstić information content (AvgIpc) is 2.62. The average molecular weight is 312 g/mol. The molecular formula is C17H16N2O2S. The highest BCUT2D eigenvalue weighted by Crippen LogP contribution is 2.19. The summed E-state index contributed by atoms with van der Waals surface area (Å²) >= 11 is 1.57. The van der Waals surface area contributed by atoms with Gasteiger partial charge in [-0.3, -0.25) is 9.59 Å². The molecule has 0 spiro atoms. The molecular weight excluding hydrogens is 296 g/mol. The number of carbonyl (C=O) groups is 2. The Hall–Kier alpha value is -2.27. The van der Waals surface area contributed by atoms with Crippen molar-refractivity contribution in [2.75, 3.05) is 18.4 Å². The number of carbonyl (C=O) groups excluding carboxylic acids is 2. The fourth-order valence-corrected chi connectivity index (χ4v) is 3.24. The maximum absolute atomic E-state index is 12.5. The van der Waals surface area contributed by atoms with Crippen molar-refractivity contribution in [3.8, 4) is 0 Å². The SMILES string of the molecule is O=C(c1ccccc1)N1CSCN(C(=O)c2ccccc2)C1. The van der Waals surface area contributed by atoms with Crippen LogP contribution in [-0.4, -0.2) is 40.0 Å². The Labute approximate surface area is 133 Å². The third-order valence-electron chi connectivity index (χ3n) is 3.45. The minimum atomic E-state index is -0.0429. The zero-order chi connectivity index (χ0) is 15.4. The lowest BCUT2D eigenvalue weighted by Crippen LogP contribution is -2.47. The second-order valence-corrected chi connectivity index (χ2v) is 5.95. The predicted octanol–water partition coefficient (Wildman–Crippen LogP) is 2.89. The standard InChI is InChI=1S/C17H16N2O2S/c20-16(14-7-3-1-4-8-14)18-11-19(13-22-12-18)17(21)15-9-5-2-6-10-15/h1-10H,11-13H2. The van der Waals surface area contributed by atoms with Crippen LogP contribution in [0.4, 0.5) is 0 Å². The van der Waals surface area contributed by atoms with Crippen LogP contribution in [0.25, 0.3) is 0 Å². The minimum Gasteiger partial charge on any atom is -0.311 e. The van der Waals surface area contributed by atoms with E-state index in [2.05, 4.69) is 0 Å². The number of benzene rings is 2. The van der Waals surface area contributed by atoms with Gasteiger partial charge in [-0.2, -0.15) is 0 Å². The summed E-state index contributed by atoms with van der Waals surface area (Å²) in [7, 11) is 0. The summed E-state index contributed by atoms with van der Waals surface area (Å²) in [5.74, 6) is 1.12. The van der Waals surface area contributed by atoms with Crippen LogP contribution in [0.3, 0.4) is 0 Å². The van der Waals surface area contributed by atoms with Gasteiger partial charge in [0, 0.05) is 11.1 Å². The van der Waals surface area contributed by atoms with E-state index in [4.69, 9.17) is 0 Å². The Morgan fingerprint density at radius 1 is 0.727 bits per heavy atom. The van der Waals surface area contributed by atoms with Crippen molar-refractivity contribution in [1.82, 2.24) is 9.80 Å². The molecule has 0 N–H and O–H groups in total. The zero-order valence-corrected chi connectivity index (χ0v) is 12.8. The van der Waals surface area contributed by atoms with Crippen molar-refractivity contribution in [3.05, 3.63) is 71.8 Å². The zero-order valence-electron chi connectivity index (χ0n) is 12.0. The van der Waals surface area contributed by atoms with Crippen molar-refractivity contribution in [2.45, 2.75) is 0 Å². The molecule has 112 valence electrons. The van der Waals surface area contributed by atoms with Gasteiger partial charge in [0.05, 0.1) is 18.4 Å². The molecule has 22 heavy (non-hydrogen) atoms. The Bertz CT molecular complexity index is 603. The molecule has 2 aromatic rings. The van der Waals surface area contributed by atoms with Crippen LogP contribution in [0, 0.1) is 0 Å². The third-order valence-corrected chi connectivity index (χ3v) is 4.44. The first-order valence-corrected chi connectivity index (χ1v) is 8.17. The second kappa shape index (κ2) is 6.66. The first-order valence-electron chi connectivity index (χ1n) is 7.02. The minimum absolute atomic E-state index is 0.0429. The predicted molar refractivity (Wildman–Crippen MR) is 87.4 cm³/mol. The van der Waals surface area contributed by atoms with E-state index >= 15 is 0 Å². The van der Waals surface area contributed by atoms with E-state index in [0.29, 0.717) is 29.5 Å². The summed E-state index contributed by atoms with van der Waals surface area (Å²) in [4.78, 5) is 28.4. The number of hydrogen-bond acceptors (Lipinski definition) is 3. The topological polar surface area (TPSA) is 40.6 Å². The molecule has 0 saturated carbocycles. The van der Waals surface area contributed by atoms with Crippen LogP contribution in [0.5, 0.6) is 0 Å². The summed E-state index contributed by atoms with van der Waals surface area (Å²) < 4.78 is 0. The quantitative estimate of drug-likeness (QED) is 0.856. The van der Waals surface area contributed by atoms with Crippen molar-refractivity contribution in [2.24, 2.45) is 0 Å². The number of hydrogen-bond donors (Lipinski definition) is 0. The van der Waals surface area contributed by atoms with Crippen LogP contribution < -0.4 is 0 Å². The van der Waals surface area contributed by atoms with Crippen molar-refractivity contribution in [3.63, 3.8) is 0 Å². The molecule has 0 bridgehead atoms. The molecule has 0 atom stereocenters. The lowest BCUT2D eigenvalue weighted by Gasteiger charge is -2.35. The number of thioether (sulfide) groups is 1. The van der Waals surface area contributed by atoms with Gasteiger partial charge in [0.1, 0.15) is 0 Å². The van der Waals surface area contributed by atoms with Crippen LogP contribution in [0.1, 0.15) is 20.7 Å². The number of amides is 2. The first-order chi connectivity index (χ1) is 10.8. The van der Waals surface area contributed by atoms with Gasteiger partial charge in [-0.1, -0.05) is 36.4 Å². The van der Waals surface area contributed by atoms with Crippen LogP contribution >= 0.6 is 11.8 Å². The van der Waals surface area contributed by atoms with Crippen molar-refractivity contribution >= 4 is 23.6 Å². The summed E-state index contributed by atoms with van der Waals surface area (Å²) in [5, 5.41) is 0. The molecule has 0 radical (unpaired) electrons. The van der Waals surface area contributed by atoms with Gasteiger partial charge in [-0.15, -0.1) is 11.8 Å². The molecule has 0 aromatic heterocycles. The van der Waals surface area contributed by atoms with Gasteiger partial charge in [0.2, 0.25) is 0 Å². The maximum Gasteiger partial charge on any atom is 0.255 e. The summed E-state index contributed by atoms with van der Waals surface area (Å²) in [5.41, 5.74) is 1.30. The summed E-state index contributed by atoms with van der Waals surface area (Å²) in [6.45, 7) is 0.328. The van der Waals surface area contributed by atoms with E-state index < -0.39 is 0 Å². The Kier molecular flexibility index (Phi) is 4.44. The van der Waals surface area contributed by atoms with Gasteiger partial charge < -0.3 is 9.80 Å². The van der Waals surface area contributed by atoms with Gasteiger partial charge in [0.25, 0.3) is 11.8 Å². The fourth-order valence-electron chi connectivity index (χ4n) is 2.32. The molecule has 3 rings (SSSR count). The molecule has 4 nitrogen and oxygen atoms in total. The molecule has 1 heterocycles. The van der Waals surface area contributed by atoms with Gasteiger partial charge in [-0.05, 0) is 24.3 Å². The Morgan fingerprint density at radius 2 is 1.14 bits per heavy atom. The molecule has 0 aliphatic carbocycles. The van der Waals surface area contributed by atoms with E-state index in [0.717, 1.165) is 0 Å². The monoisotopic (exact) mass is 312 g/mol. The van der Waals surface area contributed by atoms with E-state index in [1.54, 1.807) is 45.8 Å². The summed E-state index contributed by atoms with van der Waals surface area (Å²) in [6.07, 6.45) is 0. The van der Waals surface area contributed by atoms with Crippen LogP contribution in [0.2, 0.25) is 0 Å². The Morgan fingerprint density at radius 3 is 1.55 bits per heavy atom. The lowest BCUT2D eigenvalue weighted by atomic mass is 10.2. The maximum atomic E-state index is 12.5. The molecule has 1 aliphatic heterocycles. The van der Waals surface area contributed by atoms with Crippen LogP contribution in [0.15, 0.2) is 60.7 Å². The van der Waals surface area contributed by atoms with Crippen molar-refractivity contribution in [1.29, 1.82) is 0 Å². The molecule has 5 heteroatoms. The highest BCUT2D eigenvalue weighted by Gasteiger charge is 2.26. The normalized spacial score (nSPS) is 14.7. The molecule has 1 saturated heterocycles. The van der Waals surface area contributed by atoms with Gasteiger partial charge >= 0.3 is 0 Å². The molecule has 1 aliphatic rings. The smallest absolute Gasteiger partial charge is 0.255 e. The summed E-state index contributed by atoms with van der Waals surface area (Å²) in [6, 6.07) is 18.3. The fraction of sp³-hybridized carbons (Fsp3) is 0.176. The second-order valence-electron chi connectivity index (χ2n) is 5.03. The highest BCUT2D eigenvalue weighted by molar-refractivity contribution is 7.99. The number of rotatable bonds is 2. The third kappa shape index (κ3) is 3.14. The van der Waals surface area contributed by atoms with Gasteiger partial charge in [0.15, 0.2) is 0 Å². The van der Waals surface area contributed by atoms with E-state index in [1.165, 1.54) is 0 Å². The Balaban J connectivity index is 1.72. The highest BCUT2D eigenvalue weighted by atomic mass is 32.2. The lowest BCUT2D eigenvalue weighted by molar-refractivity contribution is 0.0576. The largest absolute Gasteiger partial charge is 0.311 e. The van der Waals surface area contributed by atoms with E-state index in [-0.39, 0.29) is 11.8 Å². The first kappa shape index (κ1) is 14.7. The molecule has 0 unspecified atom stereocenters. The molecule has 1 fully saturated rings. The van der Waals surface area contributed by atoms with Gasteiger partial charge in [-0.25, -0.2) is 0 Å². The molecule has 2 aromatic carbocycles. The van der Waals surface area contributed by atoms with Crippen LogP contribution in [-0.2, 0) is 0 Å². The number of nitrogens with zero attached hydrogens (tertiary/aromatic N) is 2.